The highest BCUT2D eigenvalue weighted by Gasteiger charge is 2.02. The summed E-state index contributed by atoms with van der Waals surface area (Å²) in [4.78, 5) is -0.0856. The summed E-state index contributed by atoms with van der Waals surface area (Å²) in [7, 11) is 0. The van der Waals surface area contributed by atoms with Crippen molar-refractivity contribution in [2.75, 3.05) is 13.2 Å². The normalized spacial score (nSPS) is 12.5. The first-order valence-corrected chi connectivity index (χ1v) is 4.77. The fraction of sp³-hybridized carbons (Fsp3) is 0.333. The molecule has 0 saturated carbocycles. The highest BCUT2D eigenvalue weighted by Crippen LogP contribution is 2.12. The molecule has 1 aromatic carbocycles. The van der Waals surface area contributed by atoms with E-state index in [0.29, 0.717) is 12.4 Å². The second kappa shape index (κ2) is 5.19. The Morgan fingerprint density at radius 3 is 2.54 bits per heavy atom. The third-order valence-corrected chi connectivity index (χ3v) is 2.00. The maximum atomic E-state index is 12.4. The van der Waals surface area contributed by atoms with Crippen LogP contribution in [-0.4, -0.2) is 23.1 Å². The Labute approximate surface area is 84.5 Å². The second-order valence-corrected chi connectivity index (χ2v) is 3.84. The minimum atomic E-state index is -0.287. The van der Waals surface area contributed by atoms with Gasteiger partial charge in [-0.15, -0.1) is 0 Å². The van der Waals surface area contributed by atoms with Crippen molar-refractivity contribution in [3.8, 4) is 5.75 Å². The lowest BCUT2D eigenvalue weighted by atomic mass is 10.3. The van der Waals surface area contributed by atoms with Crippen LogP contribution < -0.4 is 4.74 Å². The molecule has 0 aliphatic heterocycles. The van der Waals surface area contributed by atoms with Crippen molar-refractivity contribution in [3.63, 3.8) is 0 Å². The monoisotopic (exact) mass is 248 g/mol. The van der Waals surface area contributed by atoms with Crippen LogP contribution in [0.2, 0.25) is 0 Å². The Bertz CT molecular complexity index is 250. The number of aliphatic hydroxyl groups excluding tert-OH is 1. The zero-order valence-corrected chi connectivity index (χ0v) is 8.50. The molecule has 2 nitrogen and oxygen atoms in total. The fourth-order valence-electron chi connectivity index (χ4n) is 0.770. The number of benzene rings is 1. The van der Waals surface area contributed by atoms with Gasteiger partial charge in [0.1, 0.15) is 18.2 Å². The Morgan fingerprint density at radius 2 is 2.00 bits per heavy atom. The molecule has 0 saturated heterocycles. The smallest absolute Gasteiger partial charge is 0.123 e. The summed E-state index contributed by atoms with van der Waals surface area (Å²) in [5, 5.41) is 8.67. The van der Waals surface area contributed by atoms with Crippen molar-refractivity contribution in [1.82, 2.24) is 0 Å². The van der Waals surface area contributed by atoms with Crippen LogP contribution in [0.3, 0.4) is 0 Å². The van der Waals surface area contributed by atoms with Crippen molar-refractivity contribution in [1.29, 1.82) is 0 Å². The van der Waals surface area contributed by atoms with Gasteiger partial charge in [0.15, 0.2) is 0 Å². The largest absolute Gasteiger partial charge is 0.492 e. The zero-order valence-electron chi connectivity index (χ0n) is 6.91. The highest BCUT2D eigenvalue weighted by atomic mass is 79.9. The molecule has 0 bridgehead atoms. The molecule has 4 heteroatoms. The van der Waals surface area contributed by atoms with Gasteiger partial charge in [0.05, 0.1) is 11.4 Å². The van der Waals surface area contributed by atoms with Crippen molar-refractivity contribution in [2.24, 2.45) is 0 Å². The van der Waals surface area contributed by atoms with Gasteiger partial charge in [-0.2, -0.15) is 0 Å². The molecule has 0 amide bonds. The Hall–Kier alpha value is -0.610. The third-order valence-electron chi connectivity index (χ3n) is 1.44. The summed E-state index contributed by atoms with van der Waals surface area (Å²) in [5.74, 6) is 0.309. The number of halogens is 2. The SMILES string of the molecule is OCC(Br)COc1ccc(F)cc1. The summed E-state index contributed by atoms with van der Waals surface area (Å²) in [5.41, 5.74) is 0. The van der Waals surface area contributed by atoms with Crippen molar-refractivity contribution in [2.45, 2.75) is 4.83 Å². The van der Waals surface area contributed by atoms with E-state index in [9.17, 15) is 4.39 Å². The summed E-state index contributed by atoms with van der Waals surface area (Å²) < 4.78 is 17.7. The summed E-state index contributed by atoms with van der Waals surface area (Å²) >= 11 is 3.20. The molecule has 1 N–H and O–H groups in total. The molecule has 1 aromatic rings. The molecule has 0 spiro atoms. The predicted octanol–water partition coefficient (Wildman–Crippen LogP) is 1.96. The van der Waals surface area contributed by atoms with Crippen LogP contribution in [-0.2, 0) is 0 Å². The van der Waals surface area contributed by atoms with E-state index in [1.54, 1.807) is 12.1 Å². The van der Waals surface area contributed by atoms with E-state index < -0.39 is 0 Å². The Balaban J connectivity index is 2.41. The molecule has 1 rings (SSSR count). The molecule has 0 fully saturated rings. The number of hydrogen-bond acceptors (Lipinski definition) is 2. The second-order valence-electron chi connectivity index (χ2n) is 2.54. The standard InChI is InChI=1S/C9H10BrFO2/c10-7(5-12)6-13-9-3-1-8(11)2-4-9/h1-4,7,12H,5-6H2. The van der Waals surface area contributed by atoms with Gasteiger partial charge in [-0.05, 0) is 24.3 Å². The van der Waals surface area contributed by atoms with E-state index in [2.05, 4.69) is 15.9 Å². The van der Waals surface area contributed by atoms with Gasteiger partial charge in [-0.1, -0.05) is 15.9 Å². The van der Waals surface area contributed by atoms with Gasteiger partial charge >= 0.3 is 0 Å². The van der Waals surface area contributed by atoms with Gasteiger partial charge in [0.25, 0.3) is 0 Å². The summed E-state index contributed by atoms with van der Waals surface area (Å²) in [6, 6.07) is 5.76. The van der Waals surface area contributed by atoms with E-state index in [0.717, 1.165) is 0 Å². The van der Waals surface area contributed by atoms with Gasteiger partial charge in [-0.25, -0.2) is 4.39 Å². The van der Waals surface area contributed by atoms with Crippen LogP contribution >= 0.6 is 15.9 Å². The number of aliphatic hydroxyl groups is 1. The third kappa shape index (κ3) is 3.74. The Morgan fingerprint density at radius 1 is 1.38 bits per heavy atom. The molecule has 72 valence electrons. The van der Waals surface area contributed by atoms with E-state index in [1.165, 1.54) is 12.1 Å². The van der Waals surface area contributed by atoms with Crippen LogP contribution in [0.25, 0.3) is 0 Å². The van der Waals surface area contributed by atoms with Crippen LogP contribution in [0.15, 0.2) is 24.3 Å². The lowest BCUT2D eigenvalue weighted by molar-refractivity contribution is 0.243. The molecule has 0 aliphatic rings. The molecule has 0 radical (unpaired) electrons. The summed E-state index contributed by atoms with van der Waals surface area (Å²) in [6.45, 7) is 0.378. The first-order valence-electron chi connectivity index (χ1n) is 3.85. The van der Waals surface area contributed by atoms with E-state index in [-0.39, 0.29) is 17.3 Å². The number of hydrogen-bond donors (Lipinski definition) is 1. The van der Waals surface area contributed by atoms with Gasteiger partial charge in [0.2, 0.25) is 0 Å². The lowest BCUT2D eigenvalue weighted by Gasteiger charge is -2.08. The quantitative estimate of drug-likeness (QED) is 0.826. The highest BCUT2D eigenvalue weighted by molar-refractivity contribution is 9.09. The van der Waals surface area contributed by atoms with E-state index in [1.807, 2.05) is 0 Å². The summed E-state index contributed by atoms with van der Waals surface area (Å²) in [6.07, 6.45) is 0. The zero-order chi connectivity index (χ0) is 9.68. The molecule has 0 aromatic heterocycles. The van der Waals surface area contributed by atoms with Gasteiger partial charge in [-0.3, -0.25) is 0 Å². The average Bonchev–Trinajstić information content (AvgIpc) is 2.16. The van der Waals surface area contributed by atoms with Crippen LogP contribution in [0, 0.1) is 5.82 Å². The first-order chi connectivity index (χ1) is 6.22. The first kappa shape index (κ1) is 10.5. The molecule has 0 heterocycles. The van der Waals surface area contributed by atoms with Crippen molar-refractivity contribution < 1.29 is 14.2 Å². The number of ether oxygens (including phenoxy) is 1. The molecule has 1 atom stereocenters. The Kier molecular flexibility index (Phi) is 4.18. The molecule has 0 aliphatic carbocycles. The maximum absolute atomic E-state index is 12.4. The van der Waals surface area contributed by atoms with Gasteiger partial charge in [0, 0.05) is 0 Å². The molecule has 1 unspecified atom stereocenters. The maximum Gasteiger partial charge on any atom is 0.123 e. The molecular weight excluding hydrogens is 239 g/mol. The minimum Gasteiger partial charge on any atom is -0.492 e. The average molecular weight is 249 g/mol. The van der Waals surface area contributed by atoms with E-state index in [4.69, 9.17) is 9.84 Å². The van der Waals surface area contributed by atoms with Gasteiger partial charge < -0.3 is 9.84 Å². The topological polar surface area (TPSA) is 29.5 Å². The molecule has 13 heavy (non-hydrogen) atoms. The molecular formula is C9H10BrFO2. The van der Waals surface area contributed by atoms with Crippen molar-refractivity contribution >= 4 is 15.9 Å². The van der Waals surface area contributed by atoms with Crippen LogP contribution in [0.4, 0.5) is 4.39 Å². The minimum absolute atomic E-state index is 0.0151. The number of rotatable bonds is 4. The van der Waals surface area contributed by atoms with E-state index >= 15 is 0 Å². The van der Waals surface area contributed by atoms with Crippen LogP contribution in [0.1, 0.15) is 0 Å². The lowest BCUT2D eigenvalue weighted by Crippen LogP contribution is -2.14. The van der Waals surface area contributed by atoms with Crippen LogP contribution in [0.5, 0.6) is 5.75 Å². The van der Waals surface area contributed by atoms with Crippen molar-refractivity contribution in [3.05, 3.63) is 30.1 Å². The fourth-order valence-corrected chi connectivity index (χ4v) is 0.902. The predicted molar refractivity (Wildman–Crippen MR) is 51.7 cm³/mol. The number of alkyl halides is 1.